The second-order valence-corrected chi connectivity index (χ2v) is 7.31. The Balaban J connectivity index is 2.41. The predicted molar refractivity (Wildman–Crippen MR) is 72.1 cm³/mol. The molecule has 0 bridgehead atoms. The van der Waals surface area contributed by atoms with Crippen LogP contribution < -0.4 is 5.32 Å². The van der Waals surface area contributed by atoms with E-state index >= 15 is 0 Å². The van der Waals surface area contributed by atoms with Crippen LogP contribution in [0.1, 0.15) is 33.1 Å². The zero-order valence-electron chi connectivity index (χ0n) is 11.3. The highest BCUT2D eigenvalue weighted by Gasteiger charge is 2.25. The molecule has 1 aliphatic rings. The maximum atomic E-state index is 11.1. The first-order valence-corrected chi connectivity index (χ1v) is 8.67. The minimum Gasteiger partial charge on any atom is -0.311 e. The van der Waals surface area contributed by atoms with E-state index in [0.717, 1.165) is 38.9 Å². The fraction of sp³-hybridized carbons (Fsp3) is 1.00. The van der Waals surface area contributed by atoms with Crippen LogP contribution in [0, 0.1) is 0 Å². The molecule has 1 N–H and O–H groups in total. The molecule has 5 heteroatoms. The molecule has 0 aromatic heterocycles. The summed E-state index contributed by atoms with van der Waals surface area (Å²) in [6, 6.07) is 1.13. The van der Waals surface area contributed by atoms with Gasteiger partial charge in [0, 0.05) is 31.4 Å². The normalized spacial score (nSPS) is 27.2. The molecule has 0 aliphatic carbocycles. The van der Waals surface area contributed by atoms with Crippen LogP contribution in [0.2, 0.25) is 0 Å². The van der Waals surface area contributed by atoms with Crippen LogP contribution >= 0.6 is 0 Å². The second kappa shape index (κ2) is 6.71. The van der Waals surface area contributed by atoms with E-state index in [9.17, 15) is 8.42 Å². The summed E-state index contributed by atoms with van der Waals surface area (Å²) < 4.78 is 22.2. The van der Waals surface area contributed by atoms with E-state index < -0.39 is 9.84 Å². The van der Waals surface area contributed by atoms with E-state index in [4.69, 9.17) is 0 Å². The van der Waals surface area contributed by atoms with Gasteiger partial charge in [-0.3, -0.25) is 4.90 Å². The van der Waals surface area contributed by atoms with Crippen molar-refractivity contribution in [2.45, 2.75) is 45.2 Å². The largest absolute Gasteiger partial charge is 0.311 e. The summed E-state index contributed by atoms with van der Waals surface area (Å²) in [6.07, 6.45) is 4.34. The van der Waals surface area contributed by atoms with Gasteiger partial charge in [-0.05, 0) is 25.8 Å². The molecule has 102 valence electrons. The van der Waals surface area contributed by atoms with Gasteiger partial charge in [-0.2, -0.15) is 0 Å². The lowest BCUT2D eigenvalue weighted by molar-refractivity contribution is 0.125. The van der Waals surface area contributed by atoms with Crippen molar-refractivity contribution in [3.05, 3.63) is 0 Å². The first kappa shape index (κ1) is 14.9. The van der Waals surface area contributed by atoms with Crippen molar-refractivity contribution in [2.75, 3.05) is 31.6 Å². The lowest BCUT2D eigenvalue weighted by atomic mass is 10.1. The number of hydrogen-bond acceptors (Lipinski definition) is 4. The van der Waals surface area contributed by atoms with Crippen molar-refractivity contribution < 1.29 is 8.42 Å². The Kier molecular flexibility index (Phi) is 5.89. The Hall–Kier alpha value is -0.130. The maximum absolute atomic E-state index is 11.1. The Morgan fingerprint density at radius 3 is 2.53 bits per heavy atom. The fourth-order valence-electron chi connectivity index (χ4n) is 2.41. The Morgan fingerprint density at radius 1 is 1.29 bits per heavy atom. The van der Waals surface area contributed by atoms with Gasteiger partial charge in [-0.25, -0.2) is 8.42 Å². The Labute approximate surface area is 106 Å². The summed E-state index contributed by atoms with van der Waals surface area (Å²) >= 11 is 0. The monoisotopic (exact) mass is 262 g/mol. The SMILES string of the molecule is CCC1CN(CCCS(C)(=O)=O)C(CC)CN1. The molecule has 0 radical (unpaired) electrons. The molecule has 0 aromatic carbocycles. The number of piperazine rings is 1. The van der Waals surface area contributed by atoms with E-state index in [-0.39, 0.29) is 0 Å². The number of hydrogen-bond donors (Lipinski definition) is 1. The van der Waals surface area contributed by atoms with Gasteiger partial charge in [0.25, 0.3) is 0 Å². The molecule has 1 heterocycles. The standard InChI is InChI=1S/C12H26N2O2S/c1-4-11-10-14(12(5-2)9-13-11)7-6-8-17(3,15)16/h11-13H,4-10H2,1-3H3. The van der Waals surface area contributed by atoms with E-state index in [1.807, 2.05) is 0 Å². The molecule has 17 heavy (non-hydrogen) atoms. The number of nitrogens with one attached hydrogen (secondary N) is 1. The van der Waals surface area contributed by atoms with Gasteiger partial charge in [0.1, 0.15) is 9.84 Å². The lowest BCUT2D eigenvalue weighted by Crippen LogP contribution is -2.56. The molecule has 0 saturated carbocycles. The smallest absolute Gasteiger partial charge is 0.147 e. The minimum atomic E-state index is -2.81. The molecule has 1 aliphatic heterocycles. The molecule has 1 fully saturated rings. The highest BCUT2D eigenvalue weighted by Crippen LogP contribution is 2.12. The fourth-order valence-corrected chi connectivity index (χ4v) is 3.06. The zero-order valence-corrected chi connectivity index (χ0v) is 12.1. The highest BCUT2D eigenvalue weighted by molar-refractivity contribution is 7.90. The second-order valence-electron chi connectivity index (χ2n) is 5.05. The van der Waals surface area contributed by atoms with Crippen molar-refractivity contribution in [3.8, 4) is 0 Å². The van der Waals surface area contributed by atoms with Crippen LogP contribution in [-0.4, -0.2) is 57.0 Å². The molecule has 0 aromatic rings. The van der Waals surface area contributed by atoms with Gasteiger partial charge < -0.3 is 5.32 Å². The molecule has 1 rings (SSSR count). The lowest BCUT2D eigenvalue weighted by Gasteiger charge is -2.40. The van der Waals surface area contributed by atoms with Gasteiger partial charge in [0.05, 0.1) is 5.75 Å². The summed E-state index contributed by atoms with van der Waals surface area (Å²) in [7, 11) is -2.81. The number of sulfone groups is 1. The summed E-state index contributed by atoms with van der Waals surface area (Å²) in [4.78, 5) is 2.45. The van der Waals surface area contributed by atoms with Gasteiger partial charge in [0.15, 0.2) is 0 Å². The maximum Gasteiger partial charge on any atom is 0.147 e. The molecule has 2 unspecified atom stereocenters. The molecule has 4 nitrogen and oxygen atoms in total. The molecule has 0 amide bonds. The van der Waals surface area contributed by atoms with Crippen molar-refractivity contribution in [3.63, 3.8) is 0 Å². The molecule has 1 saturated heterocycles. The minimum absolute atomic E-state index is 0.310. The molecular formula is C12H26N2O2S. The average Bonchev–Trinajstić information content (AvgIpc) is 2.27. The van der Waals surface area contributed by atoms with Crippen LogP contribution in [0.3, 0.4) is 0 Å². The Bertz CT molecular complexity index is 316. The van der Waals surface area contributed by atoms with Crippen LogP contribution in [0.5, 0.6) is 0 Å². The van der Waals surface area contributed by atoms with E-state index in [1.54, 1.807) is 0 Å². The Morgan fingerprint density at radius 2 is 2.00 bits per heavy atom. The first-order chi connectivity index (χ1) is 7.96. The van der Waals surface area contributed by atoms with E-state index in [0.29, 0.717) is 17.8 Å². The molecular weight excluding hydrogens is 236 g/mol. The topological polar surface area (TPSA) is 49.4 Å². The highest BCUT2D eigenvalue weighted by atomic mass is 32.2. The van der Waals surface area contributed by atoms with Crippen molar-refractivity contribution in [1.29, 1.82) is 0 Å². The average molecular weight is 262 g/mol. The third-order valence-electron chi connectivity index (χ3n) is 3.54. The van der Waals surface area contributed by atoms with Crippen LogP contribution in [0.4, 0.5) is 0 Å². The van der Waals surface area contributed by atoms with Gasteiger partial charge in [-0.15, -0.1) is 0 Å². The summed E-state index contributed by atoms with van der Waals surface area (Å²) in [5, 5.41) is 3.55. The van der Waals surface area contributed by atoms with Gasteiger partial charge >= 0.3 is 0 Å². The zero-order chi connectivity index (χ0) is 12.9. The van der Waals surface area contributed by atoms with E-state index in [1.165, 1.54) is 6.26 Å². The van der Waals surface area contributed by atoms with Crippen molar-refractivity contribution in [1.82, 2.24) is 10.2 Å². The third-order valence-corrected chi connectivity index (χ3v) is 4.57. The predicted octanol–water partition coefficient (Wildman–Crippen LogP) is 0.884. The van der Waals surface area contributed by atoms with Crippen LogP contribution in [0.15, 0.2) is 0 Å². The quantitative estimate of drug-likeness (QED) is 0.772. The van der Waals surface area contributed by atoms with Crippen molar-refractivity contribution in [2.24, 2.45) is 0 Å². The third kappa shape index (κ3) is 5.36. The number of rotatable bonds is 6. The van der Waals surface area contributed by atoms with Gasteiger partial charge in [-0.1, -0.05) is 13.8 Å². The summed E-state index contributed by atoms with van der Waals surface area (Å²) in [5.74, 6) is 0.310. The summed E-state index contributed by atoms with van der Waals surface area (Å²) in [6.45, 7) is 7.39. The molecule has 0 spiro atoms. The van der Waals surface area contributed by atoms with Crippen LogP contribution in [0.25, 0.3) is 0 Å². The van der Waals surface area contributed by atoms with Crippen molar-refractivity contribution >= 4 is 9.84 Å². The molecule has 2 atom stereocenters. The first-order valence-electron chi connectivity index (χ1n) is 6.61. The van der Waals surface area contributed by atoms with Gasteiger partial charge in [0.2, 0.25) is 0 Å². The number of nitrogens with zero attached hydrogens (tertiary/aromatic N) is 1. The summed E-state index contributed by atoms with van der Waals surface area (Å²) in [5.41, 5.74) is 0. The van der Waals surface area contributed by atoms with E-state index in [2.05, 4.69) is 24.1 Å². The van der Waals surface area contributed by atoms with Crippen LogP contribution in [-0.2, 0) is 9.84 Å².